The summed E-state index contributed by atoms with van der Waals surface area (Å²) in [6.07, 6.45) is 84.7. The molecule has 17 nitrogen and oxygen atoms in total. The van der Waals surface area contributed by atoms with Gasteiger partial charge in [0.05, 0.1) is 26.4 Å². The molecule has 0 aliphatic heterocycles. The zero-order chi connectivity index (χ0) is 76.0. The van der Waals surface area contributed by atoms with Crippen LogP contribution in [-0.2, 0) is 65.4 Å². The number of hydrogen-bond donors (Lipinski definition) is 3. The van der Waals surface area contributed by atoms with Crippen LogP contribution < -0.4 is 0 Å². The Labute approximate surface area is 632 Å². The normalized spacial score (nSPS) is 14.5. The van der Waals surface area contributed by atoms with E-state index < -0.39 is 97.5 Å². The van der Waals surface area contributed by atoms with Gasteiger partial charge in [0.25, 0.3) is 0 Å². The molecule has 5 unspecified atom stereocenters. The highest BCUT2D eigenvalue weighted by Gasteiger charge is 2.30. The predicted octanol–water partition coefficient (Wildman–Crippen LogP) is 23.9. The molecule has 0 amide bonds. The average molecular weight is 1500 g/mol. The molecule has 104 heavy (non-hydrogen) atoms. The van der Waals surface area contributed by atoms with Crippen LogP contribution in [0.2, 0.25) is 0 Å². The second-order valence-electron chi connectivity index (χ2n) is 27.0. The molecule has 5 atom stereocenters. The van der Waals surface area contributed by atoms with Crippen molar-refractivity contribution < 1.29 is 80.2 Å². The van der Waals surface area contributed by atoms with Crippen LogP contribution in [0.1, 0.15) is 336 Å². The highest BCUT2D eigenvalue weighted by molar-refractivity contribution is 7.47. The minimum Gasteiger partial charge on any atom is -0.462 e. The third kappa shape index (κ3) is 75.7. The van der Waals surface area contributed by atoms with Gasteiger partial charge in [-0.3, -0.25) is 37.3 Å². The van der Waals surface area contributed by atoms with Crippen molar-refractivity contribution in [1.29, 1.82) is 0 Å². The number of phosphoric ester groups is 2. The lowest BCUT2D eigenvalue weighted by Crippen LogP contribution is -2.30. The van der Waals surface area contributed by atoms with Gasteiger partial charge in [-0.25, -0.2) is 9.13 Å². The molecule has 0 spiro atoms. The Kier molecular flexibility index (Phi) is 73.3. The Bertz CT molecular complexity index is 2440. The molecule has 0 fully saturated rings. The number of unbranched alkanes of at least 4 members (excludes halogenated alkanes) is 30. The molecule has 0 saturated heterocycles. The molecule has 0 aliphatic carbocycles. The van der Waals surface area contributed by atoms with E-state index in [1.165, 1.54) is 89.9 Å². The maximum atomic E-state index is 13.1. The number of rotatable bonds is 76. The van der Waals surface area contributed by atoms with Gasteiger partial charge in [-0.2, -0.15) is 0 Å². The van der Waals surface area contributed by atoms with Gasteiger partial charge in [0.15, 0.2) is 12.2 Å². The molecule has 0 radical (unpaired) electrons. The van der Waals surface area contributed by atoms with E-state index in [0.29, 0.717) is 32.1 Å². The van der Waals surface area contributed by atoms with Crippen LogP contribution >= 0.6 is 15.6 Å². The molecule has 0 heterocycles. The number of aliphatic hydroxyl groups is 1. The van der Waals surface area contributed by atoms with Crippen molar-refractivity contribution in [2.75, 3.05) is 39.6 Å². The van der Waals surface area contributed by atoms with Gasteiger partial charge in [-0.15, -0.1) is 0 Å². The first kappa shape index (κ1) is 99.5. The monoisotopic (exact) mass is 1500 g/mol. The second-order valence-corrected chi connectivity index (χ2v) is 29.9. The van der Waals surface area contributed by atoms with Gasteiger partial charge in [0.2, 0.25) is 0 Å². The zero-order valence-corrected chi connectivity index (χ0v) is 67.2. The third-order valence-electron chi connectivity index (χ3n) is 16.9. The van der Waals surface area contributed by atoms with Crippen LogP contribution in [0.4, 0.5) is 0 Å². The molecule has 0 saturated carbocycles. The van der Waals surface area contributed by atoms with Gasteiger partial charge >= 0.3 is 39.5 Å². The number of ether oxygens (including phenoxy) is 4. The number of carbonyl (C=O) groups excluding carboxylic acids is 4. The Morgan fingerprint density at radius 1 is 0.279 bits per heavy atom. The van der Waals surface area contributed by atoms with Crippen LogP contribution in [-0.4, -0.2) is 96.7 Å². The molecule has 0 aromatic heterocycles. The van der Waals surface area contributed by atoms with Crippen molar-refractivity contribution in [1.82, 2.24) is 0 Å². The van der Waals surface area contributed by atoms with Gasteiger partial charge in [-0.05, 0) is 122 Å². The largest absolute Gasteiger partial charge is 0.472 e. The number of esters is 4. The van der Waals surface area contributed by atoms with Gasteiger partial charge < -0.3 is 33.8 Å². The Balaban J connectivity index is 5.41. The molecule has 3 N–H and O–H groups in total. The standard InChI is InChI=1S/C85H146O17P2/c1-5-9-13-17-21-25-29-33-36-38-39-41-44-47-50-54-58-62-66-70-83(88)96-76-81(102-85(90)72-68-64-60-56-52-48-42-35-31-27-23-19-15-11-7-3)78-100-104(93,94)98-74-79(86)73-97-103(91,92)99-77-80(101-84(89)71-67-63-59-55-51-45-32-28-24-20-16-12-8-4)75-95-82(87)69-65-61-57-53-49-46-43-40-37-34-30-26-22-18-14-10-6-2/h9-10,13-14,21-22,25-26,33-37,39,41-42,47,50,58,62,79-81,86H,5-8,11-12,15-20,23-24,27-32,38,40,43-46,48-49,51-57,59-61,63-78H2,1-4H3,(H,91,92)(H,93,94)/b13-9-,14-10-,25-21-,26-22-,36-33-,37-34-,41-39-,42-35-,50-47-,62-58-. The molecule has 0 rings (SSSR count). The summed E-state index contributed by atoms with van der Waals surface area (Å²) in [5, 5.41) is 10.6. The van der Waals surface area contributed by atoms with E-state index in [1.807, 2.05) is 18.2 Å². The van der Waals surface area contributed by atoms with Crippen molar-refractivity contribution >= 4 is 39.5 Å². The summed E-state index contributed by atoms with van der Waals surface area (Å²) in [5.41, 5.74) is 0. The lowest BCUT2D eigenvalue weighted by molar-refractivity contribution is -0.161. The van der Waals surface area contributed by atoms with Gasteiger partial charge in [0, 0.05) is 25.7 Å². The number of carbonyl (C=O) groups is 4. The van der Waals surface area contributed by atoms with Gasteiger partial charge in [-0.1, -0.05) is 310 Å². The van der Waals surface area contributed by atoms with Crippen molar-refractivity contribution in [2.45, 2.75) is 354 Å². The SMILES string of the molecule is CC/C=C\C/C=C\C/C=C\C/C=C\C/C=C\C/C=C\CCC(=O)OCC(COP(=O)(O)OCC(O)COP(=O)(O)OCC(COC(=O)CCCCCCCCC/C=C\C/C=C\C/C=C\CC)OC(=O)CCCCCCCCCCCCCCC)OC(=O)CCCCCCC/C=C\CCCCCCCC. The lowest BCUT2D eigenvalue weighted by Gasteiger charge is -2.21. The average Bonchev–Trinajstić information content (AvgIpc) is 0.911. The topological polar surface area (TPSA) is 237 Å². The zero-order valence-electron chi connectivity index (χ0n) is 65.4. The van der Waals surface area contributed by atoms with Crippen LogP contribution in [0.25, 0.3) is 0 Å². The molecule has 598 valence electrons. The van der Waals surface area contributed by atoms with Crippen LogP contribution in [0.5, 0.6) is 0 Å². The summed E-state index contributed by atoms with van der Waals surface area (Å²) in [6.45, 7) is 4.58. The van der Waals surface area contributed by atoms with Crippen LogP contribution in [0.15, 0.2) is 122 Å². The summed E-state index contributed by atoms with van der Waals surface area (Å²) in [4.78, 5) is 73.0. The van der Waals surface area contributed by atoms with Crippen molar-refractivity contribution in [2.24, 2.45) is 0 Å². The highest BCUT2D eigenvalue weighted by Crippen LogP contribution is 2.45. The van der Waals surface area contributed by atoms with Crippen LogP contribution in [0, 0.1) is 0 Å². The summed E-state index contributed by atoms with van der Waals surface area (Å²) in [5.74, 6) is -2.28. The molecular weight excluding hydrogens is 1350 g/mol. The maximum absolute atomic E-state index is 13.1. The molecule has 19 heteroatoms. The quantitative estimate of drug-likeness (QED) is 0.0169. The van der Waals surface area contributed by atoms with E-state index in [-0.39, 0.29) is 25.7 Å². The molecule has 0 bridgehead atoms. The molecular formula is C85H146O17P2. The van der Waals surface area contributed by atoms with E-state index in [0.717, 1.165) is 161 Å². The Morgan fingerprint density at radius 2 is 0.519 bits per heavy atom. The predicted molar refractivity (Wildman–Crippen MR) is 427 cm³/mol. The van der Waals surface area contributed by atoms with E-state index in [9.17, 15) is 43.2 Å². The second kappa shape index (κ2) is 76.6. The first-order valence-corrected chi connectivity index (χ1v) is 43.8. The summed E-state index contributed by atoms with van der Waals surface area (Å²) >= 11 is 0. The smallest absolute Gasteiger partial charge is 0.462 e. The van der Waals surface area contributed by atoms with Gasteiger partial charge in [0.1, 0.15) is 19.3 Å². The lowest BCUT2D eigenvalue weighted by atomic mass is 10.0. The first-order valence-electron chi connectivity index (χ1n) is 40.8. The Morgan fingerprint density at radius 3 is 0.837 bits per heavy atom. The maximum Gasteiger partial charge on any atom is 0.472 e. The fraction of sp³-hybridized carbons (Fsp3) is 0.718. The molecule has 0 aromatic carbocycles. The summed E-state index contributed by atoms with van der Waals surface area (Å²) in [6, 6.07) is 0. The summed E-state index contributed by atoms with van der Waals surface area (Å²) < 4.78 is 68.6. The van der Waals surface area contributed by atoms with Crippen LogP contribution in [0.3, 0.4) is 0 Å². The first-order chi connectivity index (χ1) is 50.7. The number of aliphatic hydroxyl groups excluding tert-OH is 1. The fourth-order valence-corrected chi connectivity index (χ4v) is 12.4. The number of hydrogen-bond acceptors (Lipinski definition) is 15. The highest BCUT2D eigenvalue weighted by atomic mass is 31.2. The molecule has 0 aromatic rings. The fourth-order valence-electron chi connectivity index (χ4n) is 10.8. The van der Waals surface area contributed by atoms with E-state index in [1.54, 1.807) is 0 Å². The number of allylic oxidation sites excluding steroid dienone is 20. The van der Waals surface area contributed by atoms with E-state index in [2.05, 4.69) is 131 Å². The molecule has 0 aliphatic rings. The third-order valence-corrected chi connectivity index (χ3v) is 18.8. The van der Waals surface area contributed by atoms with Crippen molar-refractivity contribution in [3.63, 3.8) is 0 Å². The van der Waals surface area contributed by atoms with E-state index in [4.69, 9.17) is 37.0 Å². The minimum absolute atomic E-state index is 0.0337. The van der Waals surface area contributed by atoms with E-state index >= 15 is 0 Å². The summed E-state index contributed by atoms with van der Waals surface area (Å²) in [7, 11) is -9.98. The number of phosphoric acid groups is 2. The van der Waals surface area contributed by atoms with Crippen molar-refractivity contribution in [3.05, 3.63) is 122 Å². The van der Waals surface area contributed by atoms with Crippen molar-refractivity contribution in [3.8, 4) is 0 Å². The minimum atomic E-state index is -5.00. The Hall–Kier alpha value is -4.54.